The summed E-state index contributed by atoms with van der Waals surface area (Å²) in [6.07, 6.45) is 1.33. The van der Waals surface area contributed by atoms with Crippen LogP contribution < -0.4 is 10.9 Å². The van der Waals surface area contributed by atoms with E-state index in [-0.39, 0.29) is 29.2 Å². The first-order valence-corrected chi connectivity index (χ1v) is 11.1. The van der Waals surface area contributed by atoms with Gasteiger partial charge in [0, 0.05) is 18.3 Å². The molecule has 2 aromatic heterocycles. The molecule has 0 spiro atoms. The van der Waals surface area contributed by atoms with Gasteiger partial charge in [0.1, 0.15) is 16.7 Å². The second-order valence-corrected chi connectivity index (χ2v) is 9.32. The Morgan fingerprint density at radius 1 is 1.14 bits per heavy atom. The van der Waals surface area contributed by atoms with Crippen LogP contribution in [-0.2, 0) is 19.9 Å². The van der Waals surface area contributed by atoms with Gasteiger partial charge in [-0.1, -0.05) is 6.07 Å². The lowest BCUT2D eigenvalue weighted by atomic mass is 10.0. The molecule has 0 radical (unpaired) electrons. The van der Waals surface area contributed by atoms with E-state index in [1.807, 2.05) is 6.07 Å². The second-order valence-electron chi connectivity index (χ2n) is 5.75. The molecule has 0 amide bonds. The molecule has 0 aliphatic rings. The number of sulfone groups is 1. The Balaban J connectivity index is 2.44. The van der Waals surface area contributed by atoms with Gasteiger partial charge in [0.25, 0.3) is 0 Å². The number of sulfonamides is 1. The number of H-pyrrole nitrogens is 1. The average Bonchev–Trinajstić information content (AvgIpc) is 3.20. The summed E-state index contributed by atoms with van der Waals surface area (Å²) in [5.74, 6) is -0.669. The molecule has 0 fully saturated rings. The standard InChI is InChI=1S/C15H14N8O4S2/c16-5-6-28(24,25)12-4-3-11(9-1-2-10(7-17)19-8-9)13(14(12)29(18,26)27)15-20-22-23-21-15/h1-4,8H,5-6,16H2,(H2,18,26,27)(H,20,21,22,23). The lowest BCUT2D eigenvalue weighted by Gasteiger charge is -2.16. The fraction of sp³-hybridized carbons (Fsp3) is 0.133. The molecule has 14 heteroatoms. The number of aromatic nitrogens is 5. The minimum Gasteiger partial charge on any atom is -0.329 e. The molecule has 12 nitrogen and oxygen atoms in total. The van der Waals surface area contributed by atoms with Gasteiger partial charge >= 0.3 is 0 Å². The Bertz CT molecular complexity index is 1300. The molecule has 0 saturated heterocycles. The molecular formula is C15H14N8O4S2. The third kappa shape index (κ3) is 3.98. The minimum absolute atomic E-state index is 0.142. The van der Waals surface area contributed by atoms with Crippen LogP contribution >= 0.6 is 0 Å². The second kappa shape index (κ2) is 7.64. The number of rotatable bonds is 6. The van der Waals surface area contributed by atoms with Crippen molar-refractivity contribution in [2.24, 2.45) is 10.9 Å². The fourth-order valence-corrected chi connectivity index (χ4v) is 5.46. The number of nitrogens with two attached hydrogens (primary N) is 2. The predicted octanol–water partition coefficient (Wildman–Crippen LogP) is -0.820. The number of nitrogens with one attached hydrogen (secondary N) is 1. The van der Waals surface area contributed by atoms with Crippen molar-refractivity contribution in [1.82, 2.24) is 25.6 Å². The topological polar surface area (TPSA) is 211 Å². The third-order valence-electron chi connectivity index (χ3n) is 3.89. The van der Waals surface area contributed by atoms with Crippen molar-refractivity contribution in [3.05, 3.63) is 36.2 Å². The lowest BCUT2D eigenvalue weighted by molar-refractivity contribution is 0.583. The monoisotopic (exact) mass is 434 g/mol. The van der Waals surface area contributed by atoms with Crippen molar-refractivity contribution < 1.29 is 16.8 Å². The molecule has 0 saturated carbocycles. The summed E-state index contributed by atoms with van der Waals surface area (Å²) >= 11 is 0. The van der Waals surface area contributed by atoms with E-state index in [1.165, 1.54) is 24.4 Å². The van der Waals surface area contributed by atoms with Crippen molar-refractivity contribution >= 4 is 19.9 Å². The number of pyridine rings is 1. The number of nitriles is 1. The van der Waals surface area contributed by atoms with E-state index in [9.17, 15) is 16.8 Å². The fourth-order valence-electron chi connectivity index (χ4n) is 2.71. The molecular weight excluding hydrogens is 420 g/mol. The molecule has 0 atom stereocenters. The van der Waals surface area contributed by atoms with Gasteiger partial charge in [0.2, 0.25) is 15.8 Å². The smallest absolute Gasteiger partial charge is 0.240 e. The van der Waals surface area contributed by atoms with Gasteiger partial charge < -0.3 is 5.73 Å². The highest BCUT2D eigenvalue weighted by Crippen LogP contribution is 2.38. The summed E-state index contributed by atoms with van der Waals surface area (Å²) in [6.45, 7) is -0.217. The summed E-state index contributed by atoms with van der Waals surface area (Å²) in [4.78, 5) is 2.76. The molecule has 3 aromatic rings. The van der Waals surface area contributed by atoms with Crippen LogP contribution in [0, 0.1) is 11.3 Å². The molecule has 1 aromatic carbocycles. The van der Waals surface area contributed by atoms with E-state index >= 15 is 0 Å². The van der Waals surface area contributed by atoms with Crippen molar-refractivity contribution in [2.75, 3.05) is 12.3 Å². The first-order valence-electron chi connectivity index (χ1n) is 7.92. The van der Waals surface area contributed by atoms with Crippen LogP contribution in [0.4, 0.5) is 0 Å². The zero-order valence-corrected chi connectivity index (χ0v) is 16.3. The normalized spacial score (nSPS) is 11.9. The van der Waals surface area contributed by atoms with Crippen LogP contribution in [0.1, 0.15) is 5.69 Å². The Morgan fingerprint density at radius 2 is 1.90 bits per heavy atom. The summed E-state index contributed by atoms with van der Waals surface area (Å²) in [5, 5.41) is 27.5. The zero-order chi connectivity index (χ0) is 21.2. The highest BCUT2D eigenvalue weighted by atomic mass is 32.2. The average molecular weight is 434 g/mol. The minimum atomic E-state index is -4.55. The van der Waals surface area contributed by atoms with Crippen molar-refractivity contribution in [1.29, 1.82) is 5.26 Å². The van der Waals surface area contributed by atoms with Gasteiger partial charge in [-0.3, -0.25) is 0 Å². The maximum absolute atomic E-state index is 12.6. The molecule has 0 aliphatic carbocycles. The molecule has 150 valence electrons. The highest BCUT2D eigenvalue weighted by molar-refractivity contribution is 7.93. The van der Waals surface area contributed by atoms with Gasteiger partial charge in [0.05, 0.1) is 16.2 Å². The molecule has 29 heavy (non-hydrogen) atoms. The Hall–Kier alpha value is -3.25. The molecule has 0 aliphatic heterocycles. The molecule has 0 unspecified atom stereocenters. The lowest BCUT2D eigenvalue weighted by Crippen LogP contribution is -2.22. The van der Waals surface area contributed by atoms with E-state index in [0.29, 0.717) is 5.56 Å². The van der Waals surface area contributed by atoms with E-state index in [2.05, 4.69) is 25.6 Å². The first-order chi connectivity index (χ1) is 13.7. The van der Waals surface area contributed by atoms with Crippen molar-refractivity contribution in [3.63, 3.8) is 0 Å². The van der Waals surface area contributed by atoms with Crippen LogP contribution in [0.25, 0.3) is 22.5 Å². The summed E-state index contributed by atoms with van der Waals surface area (Å²) in [5.41, 5.74) is 5.96. The number of nitrogens with zero attached hydrogens (tertiary/aromatic N) is 5. The molecule has 3 rings (SSSR count). The number of tetrazole rings is 1. The van der Waals surface area contributed by atoms with Crippen LogP contribution in [0.2, 0.25) is 0 Å². The van der Waals surface area contributed by atoms with Gasteiger partial charge in [-0.2, -0.15) is 10.5 Å². The van der Waals surface area contributed by atoms with Gasteiger partial charge in [0.15, 0.2) is 9.84 Å². The zero-order valence-electron chi connectivity index (χ0n) is 14.6. The molecule has 0 bridgehead atoms. The van der Waals surface area contributed by atoms with Crippen LogP contribution in [-0.4, -0.2) is 54.7 Å². The van der Waals surface area contributed by atoms with Crippen molar-refractivity contribution in [3.8, 4) is 28.6 Å². The van der Waals surface area contributed by atoms with E-state index in [1.54, 1.807) is 0 Å². The Labute approximate surface area is 165 Å². The SMILES string of the molecule is N#Cc1ccc(-c2ccc(S(=O)(=O)CCN)c(S(N)(=O)=O)c2-c2nn[nH]n2)cn1. The maximum Gasteiger partial charge on any atom is 0.240 e. The number of aromatic amines is 1. The summed E-state index contributed by atoms with van der Waals surface area (Å²) in [6, 6.07) is 7.32. The van der Waals surface area contributed by atoms with Crippen LogP contribution in [0.5, 0.6) is 0 Å². The molecule has 2 heterocycles. The number of hydrogen-bond donors (Lipinski definition) is 3. The Morgan fingerprint density at radius 3 is 2.41 bits per heavy atom. The van der Waals surface area contributed by atoms with E-state index in [0.717, 1.165) is 6.07 Å². The Kier molecular flexibility index (Phi) is 5.40. The number of hydrogen-bond acceptors (Lipinski definition) is 10. The van der Waals surface area contributed by atoms with Crippen molar-refractivity contribution in [2.45, 2.75) is 9.79 Å². The largest absolute Gasteiger partial charge is 0.329 e. The van der Waals surface area contributed by atoms with Gasteiger partial charge in [-0.25, -0.2) is 27.0 Å². The molecule has 5 N–H and O–H groups in total. The van der Waals surface area contributed by atoms with Crippen LogP contribution in [0.15, 0.2) is 40.3 Å². The third-order valence-corrected chi connectivity index (χ3v) is 6.79. The van der Waals surface area contributed by atoms with E-state index < -0.39 is 35.4 Å². The van der Waals surface area contributed by atoms with Crippen LogP contribution in [0.3, 0.4) is 0 Å². The van der Waals surface area contributed by atoms with Gasteiger partial charge in [-0.15, -0.1) is 10.2 Å². The quantitative estimate of drug-likeness (QED) is 0.438. The summed E-state index contributed by atoms with van der Waals surface area (Å²) in [7, 11) is -8.63. The first kappa shape index (κ1) is 20.5. The van der Waals surface area contributed by atoms with Gasteiger partial charge in [-0.05, 0) is 29.0 Å². The van der Waals surface area contributed by atoms with E-state index in [4.69, 9.17) is 16.1 Å². The summed E-state index contributed by atoms with van der Waals surface area (Å²) < 4.78 is 50.2. The number of primary sulfonamides is 1. The predicted molar refractivity (Wildman–Crippen MR) is 100 cm³/mol. The number of benzene rings is 1. The maximum atomic E-state index is 12.6. The highest BCUT2D eigenvalue weighted by Gasteiger charge is 2.31.